The molecule has 0 radical (unpaired) electrons. The molecule has 3 aliphatic rings. The zero-order valence-electron chi connectivity index (χ0n) is 28.0. The van der Waals surface area contributed by atoms with E-state index in [4.69, 9.17) is 14.2 Å². The summed E-state index contributed by atoms with van der Waals surface area (Å²) in [5, 5.41) is 12.6. The first-order valence-electron chi connectivity index (χ1n) is 16.8. The molecular formula is C36H51N3O8. The highest BCUT2D eigenvalue weighted by molar-refractivity contribution is 5.98. The number of benzene rings is 1. The van der Waals surface area contributed by atoms with Crippen LogP contribution < -0.4 is 5.32 Å². The summed E-state index contributed by atoms with van der Waals surface area (Å²) in [5.41, 5.74) is -0.540. The monoisotopic (exact) mass is 653 g/mol. The number of rotatable bonds is 19. The number of likely N-dealkylation sites (tertiary alicyclic amines) is 1. The average molecular weight is 654 g/mol. The van der Waals surface area contributed by atoms with E-state index in [9.17, 15) is 24.3 Å². The summed E-state index contributed by atoms with van der Waals surface area (Å²) in [6.07, 6.45) is 5.40. The minimum Gasteiger partial charge on any atom is -0.455 e. The maximum atomic E-state index is 14.4. The van der Waals surface area contributed by atoms with E-state index in [1.165, 1.54) is 12.0 Å². The molecule has 2 N–H and O–H groups in total. The van der Waals surface area contributed by atoms with Gasteiger partial charge >= 0.3 is 5.97 Å². The number of methoxy groups -OCH3 is 1. The molecule has 1 unspecified atom stereocenters. The van der Waals surface area contributed by atoms with Gasteiger partial charge in [-0.3, -0.25) is 19.2 Å². The van der Waals surface area contributed by atoms with E-state index in [0.29, 0.717) is 31.4 Å². The van der Waals surface area contributed by atoms with Gasteiger partial charge in [0.1, 0.15) is 17.7 Å². The molecule has 3 amide bonds. The topological polar surface area (TPSA) is 135 Å². The van der Waals surface area contributed by atoms with Crippen molar-refractivity contribution in [2.75, 3.05) is 33.4 Å². The number of aliphatic hydroxyl groups is 1. The third kappa shape index (κ3) is 7.47. The van der Waals surface area contributed by atoms with Crippen molar-refractivity contribution < 1.29 is 38.5 Å². The molecule has 3 fully saturated rings. The Morgan fingerprint density at radius 3 is 2.62 bits per heavy atom. The Morgan fingerprint density at radius 2 is 1.98 bits per heavy atom. The van der Waals surface area contributed by atoms with Crippen molar-refractivity contribution in [3.63, 3.8) is 0 Å². The number of esters is 1. The fourth-order valence-electron chi connectivity index (χ4n) is 7.66. The number of amides is 3. The van der Waals surface area contributed by atoms with Crippen LogP contribution in [-0.2, 0) is 33.4 Å². The van der Waals surface area contributed by atoms with Gasteiger partial charge in [-0.2, -0.15) is 0 Å². The molecule has 3 aliphatic heterocycles. The van der Waals surface area contributed by atoms with Crippen LogP contribution in [0.4, 0.5) is 0 Å². The van der Waals surface area contributed by atoms with Crippen molar-refractivity contribution in [2.24, 2.45) is 11.8 Å². The van der Waals surface area contributed by atoms with Crippen molar-refractivity contribution in [3.8, 4) is 0 Å². The Hall–Kier alpha value is -3.54. The van der Waals surface area contributed by atoms with Crippen LogP contribution in [0.5, 0.6) is 0 Å². The molecule has 3 heterocycles. The van der Waals surface area contributed by atoms with Gasteiger partial charge in [-0.1, -0.05) is 55.8 Å². The van der Waals surface area contributed by atoms with E-state index in [1.807, 2.05) is 37.3 Å². The lowest BCUT2D eigenvalue weighted by Gasteiger charge is -2.39. The molecule has 3 saturated heterocycles. The number of nitrogens with zero attached hydrogens (tertiary/aromatic N) is 2. The lowest BCUT2D eigenvalue weighted by Crippen LogP contribution is -2.58. The summed E-state index contributed by atoms with van der Waals surface area (Å²) >= 11 is 0. The van der Waals surface area contributed by atoms with Gasteiger partial charge in [-0.15, -0.1) is 13.2 Å². The lowest BCUT2D eigenvalue weighted by molar-refractivity contribution is -0.163. The zero-order valence-corrected chi connectivity index (χ0v) is 28.0. The first-order valence-corrected chi connectivity index (χ1v) is 16.8. The van der Waals surface area contributed by atoms with Crippen LogP contribution in [0.15, 0.2) is 55.6 Å². The average Bonchev–Trinajstić information content (AvgIpc) is 3.71. The Labute approximate surface area is 278 Å². The molecule has 1 aromatic rings. The van der Waals surface area contributed by atoms with Crippen molar-refractivity contribution in [3.05, 3.63) is 61.2 Å². The van der Waals surface area contributed by atoms with Gasteiger partial charge in [0.05, 0.1) is 30.6 Å². The van der Waals surface area contributed by atoms with Crippen molar-refractivity contribution in [1.82, 2.24) is 15.1 Å². The third-order valence-corrected chi connectivity index (χ3v) is 9.72. The molecule has 258 valence electrons. The second-order valence-corrected chi connectivity index (χ2v) is 12.8. The predicted molar refractivity (Wildman–Crippen MR) is 176 cm³/mol. The molecule has 1 aromatic carbocycles. The van der Waals surface area contributed by atoms with Crippen LogP contribution >= 0.6 is 0 Å². The Balaban J connectivity index is 1.68. The van der Waals surface area contributed by atoms with E-state index in [1.54, 1.807) is 17.1 Å². The predicted octanol–water partition coefficient (Wildman–Crippen LogP) is 3.33. The number of fused-ring (bicyclic) bond motifs is 1. The first-order chi connectivity index (χ1) is 22.7. The standard InChI is InChI=1S/C36H51N3O8/c1-6-9-17-28(41)37-26(23-45-5)31(25-15-11-10-12-16-25)46-35(44)29-27-18-19-36(47-27)30(29)33(42)39(21-13-22-40)32(36)34(43)38(20-8-3)24(4)14-7-2/h6,8,10-12,15-16,24,26-27,29-32,40H,1,3,7,9,13-14,17-23H2,2,4-5H3,(H,37,41)/t24?,26-,27-,29+,30+,31-,32-,36+/m1/s1. The quantitative estimate of drug-likeness (QED) is 0.172. The SMILES string of the molecule is C=CCCC(=O)N[C@H](COC)[C@H](OC(=O)[C@@H]1[C@H]2C(=O)N(CCCO)[C@H](C(=O)N(CC=C)C(C)CCC)[C@]23CC[C@H]1O3)c1ccccc1. The molecule has 8 atom stereocenters. The van der Waals surface area contributed by atoms with E-state index >= 15 is 0 Å². The van der Waals surface area contributed by atoms with Crippen molar-refractivity contribution >= 4 is 23.7 Å². The highest BCUT2D eigenvalue weighted by Crippen LogP contribution is 2.59. The normalized spacial score (nSPS) is 26.3. The maximum absolute atomic E-state index is 14.4. The molecule has 11 heteroatoms. The number of carbonyl (C=O) groups excluding carboxylic acids is 4. The van der Waals surface area contributed by atoms with Gasteiger partial charge in [0.2, 0.25) is 17.7 Å². The van der Waals surface area contributed by atoms with Crippen LogP contribution in [0.2, 0.25) is 0 Å². The number of allylic oxidation sites excluding steroid dienone is 1. The van der Waals surface area contributed by atoms with Crippen molar-refractivity contribution in [1.29, 1.82) is 0 Å². The maximum Gasteiger partial charge on any atom is 0.313 e. The van der Waals surface area contributed by atoms with Crippen LogP contribution in [0.3, 0.4) is 0 Å². The summed E-state index contributed by atoms with van der Waals surface area (Å²) in [4.78, 5) is 59.1. The van der Waals surface area contributed by atoms with Gasteiger partial charge in [0.15, 0.2) is 0 Å². The highest BCUT2D eigenvalue weighted by atomic mass is 16.6. The molecule has 2 bridgehead atoms. The van der Waals surface area contributed by atoms with E-state index in [2.05, 4.69) is 25.4 Å². The largest absolute Gasteiger partial charge is 0.455 e. The number of carbonyl (C=O) groups is 4. The fraction of sp³-hybridized carbons (Fsp3) is 0.611. The van der Waals surface area contributed by atoms with Gasteiger partial charge in [0, 0.05) is 39.3 Å². The fourth-order valence-corrected chi connectivity index (χ4v) is 7.66. The number of ether oxygens (including phenoxy) is 3. The number of hydrogen-bond donors (Lipinski definition) is 2. The van der Waals surface area contributed by atoms with Gasteiger partial charge in [-0.25, -0.2) is 0 Å². The smallest absolute Gasteiger partial charge is 0.313 e. The summed E-state index contributed by atoms with van der Waals surface area (Å²) in [6, 6.07) is 7.36. The molecule has 11 nitrogen and oxygen atoms in total. The Kier molecular flexibility index (Phi) is 12.8. The molecule has 4 rings (SSSR count). The van der Waals surface area contributed by atoms with Crippen LogP contribution in [-0.4, -0.2) is 102 Å². The molecule has 0 saturated carbocycles. The lowest BCUT2D eigenvalue weighted by atomic mass is 9.70. The number of hydrogen-bond acceptors (Lipinski definition) is 8. The van der Waals surface area contributed by atoms with Gasteiger partial charge in [0.25, 0.3) is 0 Å². The minimum atomic E-state index is -1.20. The molecule has 47 heavy (non-hydrogen) atoms. The van der Waals surface area contributed by atoms with Gasteiger partial charge in [-0.05, 0) is 44.6 Å². The van der Waals surface area contributed by atoms with E-state index < -0.39 is 47.7 Å². The summed E-state index contributed by atoms with van der Waals surface area (Å²) in [6.45, 7) is 12.0. The second kappa shape index (κ2) is 16.5. The van der Waals surface area contributed by atoms with Crippen LogP contribution in [0.25, 0.3) is 0 Å². The zero-order chi connectivity index (χ0) is 34.1. The van der Waals surface area contributed by atoms with Gasteiger partial charge < -0.3 is 34.4 Å². The molecule has 0 aromatic heterocycles. The summed E-state index contributed by atoms with van der Waals surface area (Å²) in [7, 11) is 1.51. The third-order valence-electron chi connectivity index (χ3n) is 9.72. The van der Waals surface area contributed by atoms with E-state index in [-0.39, 0.29) is 56.4 Å². The van der Waals surface area contributed by atoms with Crippen LogP contribution in [0.1, 0.15) is 70.5 Å². The summed E-state index contributed by atoms with van der Waals surface area (Å²) < 4.78 is 18.3. The summed E-state index contributed by atoms with van der Waals surface area (Å²) in [5.74, 6) is -3.31. The second-order valence-electron chi connectivity index (χ2n) is 12.8. The molecular weight excluding hydrogens is 602 g/mol. The number of nitrogens with one attached hydrogen (secondary N) is 1. The minimum absolute atomic E-state index is 0.0736. The first kappa shape index (κ1) is 36.3. The highest BCUT2D eigenvalue weighted by Gasteiger charge is 2.75. The number of aliphatic hydroxyl groups excluding tert-OH is 1. The Bertz CT molecular complexity index is 1270. The van der Waals surface area contributed by atoms with Crippen LogP contribution in [0, 0.1) is 11.8 Å². The van der Waals surface area contributed by atoms with E-state index in [0.717, 1.165) is 12.8 Å². The Morgan fingerprint density at radius 1 is 1.23 bits per heavy atom. The molecule has 1 spiro atoms. The molecule has 0 aliphatic carbocycles. The van der Waals surface area contributed by atoms with Crippen molar-refractivity contribution in [2.45, 2.75) is 94.7 Å².